The Balaban J connectivity index is 0.000000192. The molecule has 0 aliphatic carbocycles. The van der Waals surface area contributed by atoms with E-state index < -0.39 is 8.07 Å². The fraction of sp³-hybridized carbons (Fsp3) is 0.200. The van der Waals surface area contributed by atoms with E-state index in [-0.39, 0.29) is 25.5 Å². The first-order chi connectivity index (χ1) is 26.0. The van der Waals surface area contributed by atoms with Crippen molar-refractivity contribution < 1.29 is 20.1 Å². The van der Waals surface area contributed by atoms with Crippen molar-refractivity contribution in [2.75, 3.05) is 0 Å². The van der Waals surface area contributed by atoms with Crippen LogP contribution >= 0.6 is 11.3 Å². The van der Waals surface area contributed by atoms with Crippen molar-refractivity contribution >= 4 is 44.8 Å². The number of nitrogens with zero attached hydrogens (tertiary/aromatic N) is 2. The van der Waals surface area contributed by atoms with Crippen molar-refractivity contribution in [3.05, 3.63) is 175 Å². The van der Waals surface area contributed by atoms with Crippen LogP contribution in [-0.4, -0.2) is 18.0 Å². The Morgan fingerprint density at radius 1 is 0.691 bits per heavy atom. The molecule has 0 aliphatic heterocycles. The Labute approximate surface area is 346 Å². The molecule has 0 N–H and O–H groups in total. The molecule has 5 heteroatoms. The predicted octanol–water partition coefficient (Wildman–Crippen LogP) is 13.4. The summed E-state index contributed by atoms with van der Waals surface area (Å²) in [5.41, 5.74) is 11.0. The summed E-state index contributed by atoms with van der Waals surface area (Å²) in [4.78, 5) is 9.47. The normalized spacial score (nSPS) is 12.1. The van der Waals surface area contributed by atoms with E-state index >= 15 is 0 Å². The van der Waals surface area contributed by atoms with Crippen molar-refractivity contribution in [3.63, 3.8) is 0 Å². The van der Waals surface area contributed by atoms with Crippen LogP contribution in [0.15, 0.2) is 146 Å². The summed E-state index contributed by atoms with van der Waals surface area (Å²) in [6.45, 7) is 16.3. The van der Waals surface area contributed by atoms with Gasteiger partial charge in [-0.05, 0) is 67.2 Å². The molecule has 8 rings (SSSR count). The number of fused-ring (bicyclic) bond motifs is 3. The first-order valence-corrected chi connectivity index (χ1v) is 23.2. The van der Waals surface area contributed by atoms with Crippen LogP contribution in [0.1, 0.15) is 50.3 Å². The van der Waals surface area contributed by atoms with Crippen molar-refractivity contribution in [2.45, 2.75) is 59.7 Å². The van der Waals surface area contributed by atoms with E-state index in [1.807, 2.05) is 41.8 Å². The van der Waals surface area contributed by atoms with Crippen molar-refractivity contribution in [1.29, 1.82) is 0 Å². The second-order valence-corrected chi connectivity index (χ2v) is 22.3. The van der Waals surface area contributed by atoms with Gasteiger partial charge in [0.15, 0.2) is 0 Å². The summed E-state index contributed by atoms with van der Waals surface area (Å²) in [5.74, 6) is 0.445. The molecule has 0 saturated carbocycles. The first-order valence-electron chi connectivity index (χ1n) is 18.9. The summed E-state index contributed by atoms with van der Waals surface area (Å²) in [6.07, 6.45) is 5.01. The molecule has 1 radical (unpaired) electrons. The van der Waals surface area contributed by atoms with Gasteiger partial charge in [0.2, 0.25) is 0 Å². The maximum Gasteiger partial charge on any atom is 0.0799 e. The maximum atomic E-state index is 4.75. The number of thiophene rings is 1. The molecule has 1 atom stereocenters. The smallest absolute Gasteiger partial charge is 0.0799 e. The second kappa shape index (κ2) is 17.1. The van der Waals surface area contributed by atoms with E-state index in [0.717, 1.165) is 28.9 Å². The third-order valence-electron chi connectivity index (χ3n) is 10.4. The minimum Gasteiger partial charge on any atom is -0.305 e. The van der Waals surface area contributed by atoms with Crippen molar-refractivity contribution in [1.82, 2.24) is 9.97 Å². The number of hydrogen-bond donors (Lipinski definition) is 0. The second-order valence-electron chi connectivity index (χ2n) is 16.2. The fourth-order valence-corrected chi connectivity index (χ4v) is 9.90. The molecule has 2 nitrogen and oxygen atoms in total. The van der Waals surface area contributed by atoms with E-state index in [9.17, 15) is 0 Å². The summed E-state index contributed by atoms with van der Waals surface area (Å²) >= 11 is 1.85. The van der Waals surface area contributed by atoms with Crippen LogP contribution in [0.4, 0.5) is 0 Å². The predicted molar refractivity (Wildman–Crippen MR) is 235 cm³/mol. The Morgan fingerprint density at radius 3 is 2.09 bits per heavy atom. The summed E-state index contributed by atoms with van der Waals surface area (Å²) < 4.78 is 2.58. The van der Waals surface area contributed by atoms with Crippen LogP contribution in [0, 0.1) is 17.5 Å². The van der Waals surface area contributed by atoms with Crippen LogP contribution in [0.2, 0.25) is 19.6 Å². The van der Waals surface area contributed by atoms with E-state index in [2.05, 4.69) is 175 Å². The summed E-state index contributed by atoms with van der Waals surface area (Å²) in [7, 11) is -1.43. The van der Waals surface area contributed by atoms with E-state index in [1.54, 1.807) is 0 Å². The minimum atomic E-state index is -1.43. The molecule has 279 valence electrons. The zero-order chi connectivity index (χ0) is 37.9. The molecule has 3 aromatic heterocycles. The van der Waals surface area contributed by atoms with Crippen molar-refractivity contribution in [3.8, 4) is 33.6 Å². The molecular weight excluding hydrogens is 881 g/mol. The molecule has 3 heterocycles. The zero-order valence-electron chi connectivity index (χ0n) is 32.8. The molecule has 5 aromatic carbocycles. The van der Waals surface area contributed by atoms with Gasteiger partial charge in [-0.3, -0.25) is 0 Å². The quantitative estimate of drug-likeness (QED) is 0.118. The van der Waals surface area contributed by atoms with Gasteiger partial charge in [-0.15, -0.1) is 59.7 Å². The summed E-state index contributed by atoms with van der Waals surface area (Å²) in [5, 5.41) is 4.03. The van der Waals surface area contributed by atoms with E-state index in [4.69, 9.17) is 9.97 Å². The summed E-state index contributed by atoms with van der Waals surface area (Å²) in [6, 6.07) is 53.7. The van der Waals surface area contributed by atoms with Gasteiger partial charge in [-0.2, -0.15) is 11.3 Å². The molecule has 55 heavy (non-hydrogen) atoms. The number of hydrogen-bond acceptors (Lipinski definition) is 3. The van der Waals surface area contributed by atoms with Gasteiger partial charge in [-0.25, -0.2) is 0 Å². The number of pyridine rings is 2. The van der Waals surface area contributed by atoms with Gasteiger partial charge >= 0.3 is 0 Å². The molecule has 8 aromatic rings. The van der Waals surface area contributed by atoms with Gasteiger partial charge in [0.05, 0.1) is 8.07 Å². The molecule has 0 spiro atoms. The Hall–Kier alpha value is -4.51. The fourth-order valence-electron chi connectivity index (χ4n) is 6.99. The number of aromatic nitrogens is 2. The molecule has 0 fully saturated rings. The van der Waals surface area contributed by atoms with Crippen LogP contribution in [-0.2, 0) is 26.5 Å². The van der Waals surface area contributed by atoms with Gasteiger partial charge < -0.3 is 9.97 Å². The van der Waals surface area contributed by atoms with E-state index in [1.165, 1.54) is 53.2 Å². The third-order valence-corrected chi connectivity index (χ3v) is 13.7. The van der Waals surface area contributed by atoms with Gasteiger partial charge in [0.1, 0.15) is 0 Å². The Morgan fingerprint density at radius 2 is 1.40 bits per heavy atom. The Kier molecular flexibility index (Phi) is 12.5. The third kappa shape index (κ3) is 9.14. The maximum absolute atomic E-state index is 4.75. The van der Waals surface area contributed by atoms with Crippen molar-refractivity contribution in [2.24, 2.45) is 5.41 Å². The molecular formula is C50H48IrN2SSi-2. The average molecular weight is 929 g/mol. The molecule has 0 saturated heterocycles. The molecule has 0 aliphatic rings. The SMILES string of the molecule is CC(c1ccnc(-c2[c-]ccc3c2sc2c(-c4ccccc4)cccc23)c1)C(C)(C)C.C[Si](C)(C)c1cnc(-c2[c-]cccc2)cc1Cc1ccccc1.[Ir]. The van der Waals surface area contributed by atoms with Crippen LogP contribution in [0.5, 0.6) is 0 Å². The Bertz CT molecular complexity index is 2500. The monoisotopic (exact) mass is 929 g/mol. The largest absolute Gasteiger partial charge is 0.305 e. The number of rotatable bonds is 7. The zero-order valence-corrected chi connectivity index (χ0v) is 37.0. The molecule has 0 bridgehead atoms. The van der Waals surface area contributed by atoms with Crippen LogP contribution in [0.25, 0.3) is 53.8 Å². The standard InChI is InChI=1S/C29H26NS.C21H22NSi.Ir/c1-19(29(2,3)4)21-16-17-30-26(18-21)25-15-9-14-24-23-13-8-12-22(27(23)31-28(24)25)20-10-6-5-7-11-20;1-23(2,3)21-16-22-20(18-12-8-5-9-13-18)15-19(21)14-17-10-6-4-7-11-17;/h5-14,16-19H,1-4H3;4-12,15-16H,14H2,1-3H3;/q2*-1;. The van der Waals surface area contributed by atoms with E-state index in [0.29, 0.717) is 5.92 Å². The topological polar surface area (TPSA) is 25.8 Å². The van der Waals surface area contributed by atoms with Gasteiger partial charge in [0, 0.05) is 37.2 Å². The minimum absolute atomic E-state index is 0. The first kappa shape index (κ1) is 40.2. The molecule has 1 unspecified atom stereocenters. The molecule has 0 amide bonds. The average Bonchev–Trinajstić information content (AvgIpc) is 3.57. The number of benzene rings is 5. The van der Waals surface area contributed by atoms with Gasteiger partial charge in [0.25, 0.3) is 0 Å². The van der Waals surface area contributed by atoms with Crippen LogP contribution < -0.4 is 5.19 Å². The van der Waals surface area contributed by atoms with Gasteiger partial charge in [-0.1, -0.05) is 155 Å². The van der Waals surface area contributed by atoms with Crippen LogP contribution in [0.3, 0.4) is 0 Å².